The van der Waals surface area contributed by atoms with E-state index >= 15 is 0 Å². The number of halogens is 3. The molecule has 1 aliphatic rings. The van der Waals surface area contributed by atoms with Gasteiger partial charge in [-0.1, -0.05) is 18.6 Å². The second-order valence-electron chi connectivity index (χ2n) is 7.62. The lowest BCUT2D eigenvalue weighted by atomic mass is 10.0. The first-order valence-electron chi connectivity index (χ1n) is 10.4. The minimum absolute atomic E-state index is 0.183. The molecule has 1 fully saturated rings. The minimum atomic E-state index is -4.19. The number of guanidine groups is 1. The van der Waals surface area contributed by atoms with Gasteiger partial charge in [-0.25, -0.2) is 0 Å². The van der Waals surface area contributed by atoms with Gasteiger partial charge in [0, 0.05) is 26.7 Å². The molecule has 2 N–H and O–H groups in total. The Kier molecular flexibility index (Phi) is 9.71. The first kappa shape index (κ1) is 24.3. The molecule has 1 saturated heterocycles. The lowest BCUT2D eigenvalue weighted by Gasteiger charge is -2.35. The normalized spacial score (nSPS) is 17.1. The number of alkyl halides is 3. The van der Waals surface area contributed by atoms with Crippen LogP contribution in [0.5, 0.6) is 5.75 Å². The Morgan fingerprint density at radius 2 is 1.83 bits per heavy atom. The summed E-state index contributed by atoms with van der Waals surface area (Å²) in [6, 6.07) is 8.29. The number of likely N-dealkylation sites (N-methyl/N-ethyl adjacent to an activating group) is 1. The van der Waals surface area contributed by atoms with Gasteiger partial charge in [0.25, 0.3) is 0 Å². The molecule has 0 aliphatic carbocycles. The number of methoxy groups -OCH3 is 1. The van der Waals surface area contributed by atoms with Gasteiger partial charge in [0.1, 0.15) is 5.75 Å². The van der Waals surface area contributed by atoms with E-state index in [-0.39, 0.29) is 12.6 Å². The van der Waals surface area contributed by atoms with Crippen molar-refractivity contribution in [2.24, 2.45) is 4.99 Å². The molecule has 2 rings (SSSR count). The number of nitrogens with zero attached hydrogens (tertiary/aromatic N) is 3. The average molecular weight is 430 g/mol. The monoisotopic (exact) mass is 429 g/mol. The fourth-order valence-corrected chi connectivity index (χ4v) is 3.68. The summed E-state index contributed by atoms with van der Waals surface area (Å²) >= 11 is 0. The lowest BCUT2D eigenvalue weighted by Crippen LogP contribution is -2.46. The smallest absolute Gasteiger partial charge is 0.401 e. The molecule has 0 aromatic heterocycles. The van der Waals surface area contributed by atoms with Crippen molar-refractivity contribution in [3.63, 3.8) is 0 Å². The highest BCUT2D eigenvalue weighted by molar-refractivity contribution is 5.79. The predicted molar refractivity (Wildman–Crippen MR) is 114 cm³/mol. The zero-order valence-electron chi connectivity index (χ0n) is 18.1. The summed E-state index contributed by atoms with van der Waals surface area (Å²) in [5.41, 5.74) is 1.20. The van der Waals surface area contributed by atoms with Crippen molar-refractivity contribution in [2.45, 2.75) is 31.5 Å². The van der Waals surface area contributed by atoms with Crippen LogP contribution < -0.4 is 15.4 Å². The molecule has 1 heterocycles. The molecule has 1 aliphatic heterocycles. The van der Waals surface area contributed by atoms with Crippen molar-refractivity contribution in [3.8, 4) is 5.75 Å². The Labute approximate surface area is 177 Å². The second-order valence-corrected chi connectivity index (χ2v) is 7.62. The Balaban J connectivity index is 1.92. The molecule has 0 saturated carbocycles. The molecule has 9 heteroatoms. The number of benzene rings is 1. The van der Waals surface area contributed by atoms with Crippen LogP contribution in [0.4, 0.5) is 13.2 Å². The molecule has 0 amide bonds. The minimum Gasteiger partial charge on any atom is -0.497 e. The molecule has 0 spiro atoms. The first-order valence-corrected chi connectivity index (χ1v) is 10.4. The third-order valence-corrected chi connectivity index (χ3v) is 5.25. The van der Waals surface area contributed by atoms with Crippen LogP contribution in [0.15, 0.2) is 29.3 Å². The van der Waals surface area contributed by atoms with Gasteiger partial charge in [-0.05, 0) is 50.7 Å². The fourth-order valence-electron chi connectivity index (χ4n) is 3.68. The lowest BCUT2D eigenvalue weighted by molar-refractivity contribution is -0.142. The van der Waals surface area contributed by atoms with Crippen molar-refractivity contribution in [2.75, 3.05) is 60.5 Å². The number of piperidine rings is 1. The van der Waals surface area contributed by atoms with Gasteiger partial charge in [-0.15, -0.1) is 0 Å². The third-order valence-electron chi connectivity index (χ3n) is 5.25. The standard InChI is InChI=1S/C21H34F3N5O/c1-25-20(26-11-14-28(2)16-21(22,23)24)27-15-19(29-12-5-4-6-13-29)17-7-9-18(30-3)10-8-17/h7-10,19H,4-6,11-16H2,1-3H3,(H2,25,26,27). The van der Waals surface area contributed by atoms with Gasteiger partial charge >= 0.3 is 6.18 Å². The van der Waals surface area contributed by atoms with E-state index in [0.717, 1.165) is 18.8 Å². The Morgan fingerprint density at radius 3 is 2.40 bits per heavy atom. The predicted octanol–water partition coefficient (Wildman–Crippen LogP) is 2.88. The van der Waals surface area contributed by atoms with E-state index in [4.69, 9.17) is 4.74 Å². The molecule has 1 atom stereocenters. The van der Waals surface area contributed by atoms with Crippen LogP contribution >= 0.6 is 0 Å². The van der Waals surface area contributed by atoms with Gasteiger partial charge in [0.2, 0.25) is 0 Å². The van der Waals surface area contributed by atoms with Crippen molar-refractivity contribution < 1.29 is 17.9 Å². The van der Waals surface area contributed by atoms with Crippen molar-refractivity contribution >= 4 is 5.96 Å². The van der Waals surface area contributed by atoms with Crippen LogP contribution in [0, 0.1) is 0 Å². The van der Waals surface area contributed by atoms with E-state index in [0.29, 0.717) is 19.0 Å². The maximum absolute atomic E-state index is 12.4. The second kappa shape index (κ2) is 12.0. The number of hydrogen-bond donors (Lipinski definition) is 2. The van der Waals surface area contributed by atoms with Crippen LogP contribution in [-0.4, -0.2) is 82.4 Å². The Morgan fingerprint density at radius 1 is 1.17 bits per heavy atom. The van der Waals surface area contributed by atoms with Crippen molar-refractivity contribution in [1.29, 1.82) is 0 Å². The molecule has 6 nitrogen and oxygen atoms in total. The average Bonchev–Trinajstić information content (AvgIpc) is 2.72. The van der Waals surface area contributed by atoms with Crippen LogP contribution in [0.25, 0.3) is 0 Å². The van der Waals surface area contributed by atoms with E-state index in [1.807, 2.05) is 12.1 Å². The SMILES string of the molecule is CN=C(NCCN(C)CC(F)(F)F)NCC(c1ccc(OC)cc1)N1CCCCC1. The molecule has 30 heavy (non-hydrogen) atoms. The van der Waals surface area contributed by atoms with Crippen LogP contribution in [0.1, 0.15) is 30.9 Å². The zero-order valence-corrected chi connectivity index (χ0v) is 18.1. The molecule has 0 bridgehead atoms. The largest absolute Gasteiger partial charge is 0.497 e. The summed E-state index contributed by atoms with van der Waals surface area (Å²) in [5, 5.41) is 6.45. The zero-order chi connectivity index (χ0) is 22.0. The number of nitrogens with one attached hydrogen (secondary N) is 2. The van der Waals surface area contributed by atoms with E-state index in [1.165, 1.54) is 36.8 Å². The summed E-state index contributed by atoms with van der Waals surface area (Å²) in [7, 11) is 4.78. The van der Waals surface area contributed by atoms with Gasteiger partial charge in [-0.2, -0.15) is 13.2 Å². The number of ether oxygens (including phenoxy) is 1. The fraction of sp³-hybridized carbons (Fsp3) is 0.667. The van der Waals surface area contributed by atoms with Crippen LogP contribution in [0.3, 0.4) is 0 Å². The summed E-state index contributed by atoms with van der Waals surface area (Å²) in [6.45, 7) is 2.48. The maximum atomic E-state index is 12.4. The molecule has 0 radical (unpaired) electrons. The Hall–Kier alpha value is -2.00. The molecule has 170 valence electrons. The van der Waals surface area contributed by atoms with E-state index in [9.17, 15) is 13.2 Å². The van der Waals surface area contributed by atoms with E-state index in [1.54, 1.807) is 14.2 Å². The highest BCUT2D eigenvalue weighted by Gasteiger charge is 2.29. The number of rotatable bonds is 9. The summed E-state index contributed by atoms with van der Waals surface area (Å²) in [4.78, 5) is 7.93. The molecular weight excluding hydrogens is 395 g/mol. The van der Waals surface area contributed by atoms with Crippen molar-refractivity contribution in [1.82, 2.24) is 20.4 Å². The molecule has 1 aromatic rings. The summed E-state index contributed by atoms with van der Waals surface area (Å²) in [6.07, 6.45) is -0.557. The number of hydrogen-bond acceptors (Lipinski definition) is 4. The van der Waals surface area contributed by atoms with E-state index in [2.05, 4.69) is 32.7 Å². The molecule has 1 unspecified atom stereocenters. The van der Waals surface area contributed by atoms with Gasteiger partial charge < -0.3 is 15.4 Å². The topological polar surface area (TPSA) is 52.1 Å². The first-order chi connectivity index (χ1) is 14.3. The number of likely N-dealkylation sites (tertiary alicyclic amines) is 1. The quantitative estimate of drug-likeness (QED) is 0.467. The summed E-state index contributed by atoms with van der Waals surface area (Å²) < 4.78 is 42.6. The highest BCUT2D eigenvalue weighted by atomic mass is 19.4. The maximum Gasteiger partial charge on any atom is 0.401 e. The molecule has 1 aromatic carbocycles. The molecular formula is C21H34F3N5O. The van der Waals surface area contributed by atoms with Crippen LogP contribution in [0.2, 0.25) is 0 Å². The van der Waals surface area contributed by atoms with Gasteiger partial charge in [0.05, 0.1) is 19.7 Å². The van der Waals surface area contributed by atoms with Gasteiger partial charge in [0.15, 0.2) is 5.96 Å². The van der Waals surface area contributed by atoms with Gasteiger partial charge in [-0.3, -0.25) is 14.8 Å². The third kappa shape index (κ3) is 8.39. The number of aliphatic imine (C=N–C) groups is 1. The van der Waals surface area contributed by atoms with Crippen LogP contribution in [-0.2, 0) is 0 Å². The Bertz CT molecular complexity index is 645. The van der Waals surface area contributed by atoms with Crippen molar-refractivity contribution in [3.05, 3.63) is 29.8 Å². The summed E-state index contributed by atoms with van der Waals surface area (Å²) in [5.74, 6) is 1.41. The van der Waals surface area contributed by atoms with E-state index < -0.39 is 12.7 Å². The highest BCUT2D eigenvalue weighted by Crippen LogP contribution is 2.25.